The smallest absolute Gasteiger partial charge is 0.257 e. The number of aromatic amines is 1. The Bertz CT molecular complexity index is 778. The van der Waals surface area contributed by atoms with Crippen LogP contribution in [0, 0.1) is 12.8 Å². The third-order valence-electron chi connectivity index (χ3n) is 6.32. The second kappa shape index (κ2) is 9.55. The van der Waals surface area contributed by atoms with Crippen LogP contribution in [-0.2, 0) is 11.3 Å². The highest BCUT2D eigenvalue weighted by Gasteiger charge is 2.28. The van der Waals surface area contributed by atoms with Crippen LogP contribution in [0.5, 0.6) is 0 Å². The van der Waals surface area contributed by atoms with Crippen LogP contribution < -0.4 is 0 Å². The van der Waals surface area contributed by atoms with Crippen LogP contribution in [0.2, 0.25) is 0 Å². The Morgan fingerprint density at radius 1 is 1.24 bits per heavy atom. The SMILES string of the molecule is Cc1ccccc1CN1CCC(CN(C[C@H]2CCCO2)C(=O)c2cn[nH]c2)CC1. The van der Waals surface area contributed by atoms with Gasteiger partial charge in [-0.1, -0.05) is 24.3 Å². The lowest BCUT2D eigenvalue weighted by Crippen LogP contribution is -2.43. The average Bonchev–Trinajstić information content (AvgIpc) is 3.44. The number of ether oxygens (including phenoxy) is 1. The molecule has 2 fully saturated rings. The molecule has 1 N–H and O–H groups in total. The number of piperidine rings is 1. The molecule has 1 aromatic heterocycles. The molecule has 2 saturated heterocycles. The molecular formula is C23H32N4O2. The van der Waals surface area contributed by atoms with Crippen molar-refractivity contribution in [3.63, 3.8) is 0 Å². The normalized spacial score (nSPS) is 20.8. The number of benzene rings is 1. The van der Waals surface area contributed by atoms with Crippen molar-refractivity contribution in [2.24, 2.45) is 5.92 Å². The van der Waals surface area contributed by atoms with E-state index in [1.807, 2.05) is 4.90 Å². The molecule has 2 aliphatic rings. The quantitative estimate of drug-likeness (QED) is 0.780. The highest BCUT2D eigenvalue weighted by Crippen LogP contribution is 2.23. The zero-order chi connectivity index (χ0) is 20.1. The fraction of sp³-hybridized carbons (Fsp3) is 0.565. The topological polar surface area (TPSA) is 61.5 Å². The van der Waals surface area contributed by atoms with Gasteiger partial charge in [-0.05, 0) is 62.7 Å². The van der Waals surface area contributed by atoms with Gasteiger partial charge in [-0.2, -0.15) is 5.10 Å². The largest absolute Gasteiger partial charge is 0.376 e. The molecule has 0 radical (unpaired) electrons. The standard InChI is InChI=1S/C23H32N4O2/c1-18-5-2-3-6-20(18)16-26-10-8-19(9-11-26)15-27(17-22-7-4-12-29-22)23(28)21-13-24-25-14-21/h2-3,5-6,13-14,19,22H,4,7-12,15-17H2,1H3,(H,24,25)/t22-/m1/s1. The Balaban J connectivity index is 1.33. The Morgan fingerprint density at radius 2 is 2.07 bits per heavy atom. The van der Waals surface area contributed by atoms with Crippen molar-refractivity contribution in [1.82, 2.24) is 20.0 Å². The summed E-state index contributed by atoms with van der Waals surface area (Å²) in [5, 5.41) is 6.71. The maximum atomic E-state index is 13.0. The van der Waals surface area contributed by atoms with Crippen molar-refractivity contribution in [2.75, 3.05) is 32.8 Å². The number of nitrogens with zero attached hydrogens (tertiary/aromatic N) is 3. The summed E-state index contributed by atoms with van der Waals surface area (Å²) in [4.78, 5) is 17.6. The zero-order valence-corrected chi connectivity index (χ0v) is 17.3. The van der Waals surface area contributed by atoms with E-state index in [4.69, 9.17) is 4.74 Å². The Labute approximate surface area is 173 Å². The lowest BCUT2D eigenvalue weighted by Gasteiger charge is -2.35. The fourth-order valence-corrected chi connectivity index (χ4v) is 4.49. The Kier molecular flexibility index (Phi) is 6.62. The summed E-state index contributed by atoms with van der Waals surface area (Å²) in [5.74, 6) is 0.608. The lowest BCUT2D eigenvalue weighted by molar-refractivity contribution is 0.0444. The molecule has 2 aromatic rings. The van der Waals surface area contributed by atoms with E-state index in [1.165, 1.54) is 11.1 Å². The lowest BCUT2D eigenvalue weighted by atomic mass is 9.95. The number of aryl methyl sites for hydroxylation is 1. The van der Waals surface area contributed by atoms with Crippen molar-refractivity contribution < 1.29 is 9.53 Å². The number of aromatic nitrogens is 2. The van der Waals surface area contributed by atoms with Crippen LogP contribution in [0.25, 0.3) is 0 Å². The van der Waals surface area contributed by atoms with E-state index in [9.17, 15) is 4.79 Å². The Hall–Kier alpha value is -2.18. The molecule has 0 unspecified atom stereocenters. The van der Waals surface area contributed by atoms with E-state index in [0.29, 0.717) is 18.0 Å². The monoisotopic (exact) mass is 396 g/mol. The number of carbonyl (C=O) groups is 1. The summed E-state index contributed by atoms with van der Waals surface area (Å²) in [6.07, 6.45) is 7.89. The number of H-pyrrole nitrogens is 1. The molecule has 0 aliphatic carbocycles. The van der Waals surface area contributed by atoms with Crippen molar-refractivity contribution in [3.8, 4) is 0 Å². The van der Waals surface area contributed by atoms with Gasteiger partial charge in [0, 0.05) is 32.4 Å². The van der Waals surface area contributed by atoms with Gasteiger partial charge in [0.25, 0.3) is 5.91 Å². The average molecular weight is 397 g/mol. The molecule has 1 amide bonds. The van der Waals surface area contributed by atoms with Gasteiger partial charge in [0.1, 0.15) is 0 Å². The van der Waals surface area contributed by atoms with Crippen molar-refractivity contribution in [3.05, 3.63) is 53.3 Å². The van der Waals surface area contributed by atoms with Crippen LogP contribution in [0.3, 0.4) is 0 Å². The van der Waals surface area contributed by atoms with E-state index in [2.05, 4.69) is 46.3 Å². The second-order valence-corrected chi connectivity index (χ2v) is 8.48. The van der Waals surface area contributed by atoms with Gasteiger partial charge in [0.2, 0.25) is 0 Å². The minimum Gasteiger partial charge on any atom is -0.376 e. The number of hydrogen-bond donors (Lipinski definition) is 1. The maximum absolute atomic E-state index is 13.0. The number of hydrogen-bond acceptors (Lipinski definition) is 4. The predicted molar refractivity (Wildman–Crippen MR) is 113 cm³/mol. The molecule has 1 atom stereocenters. The first-order valence-electron chi connectivity index (χ1n) is 10.9. The van der Waals surface area contributed by atoms with Crippen LogP contribution in [0.15, 0.2) is 36.7 Å². The molecule has 4 rings (SSSR count). The van der Waals surface area contributed by atoms with Crippen LogP contribution in [0.4, 0.5) is 0 Å². The first-order valence-corrected chi connectivity index (χ1v) is 10.9. The molecule has 0 spiro atoms. The minimum atomic E-state index is 0.0663. The van der Waals surface area contributed by atoms with Crippen molar-refractivity contribution in [1.29, 1.82) is 0 Å². The maximum Gasteiger partial charge on any atom is 0.257 e. The van der Waals surface area contributed by atoms with Gasteiger partial charge in [0.05, 0.1) is 17.9 Å². The van der Waals surface area contributed by atoms with E-state index in [-0.39, 0.29) is 12.0 Å². The van der Waals surface area contributed by atoms with Gasteiger partial charge in [0.15, 0.2) is 0 Å². The predicted octanol–water partition coefficient (Wildman–Crippen LogP) is 3.25. The van der Waals surface area contributed by atoms with Gasteiger partial charge in [-0.3, -0.25) is 14.8 Å². The number of rotatable bonds is 7. The summed E-state index contributed by atoms with van der Waals surface area (Å²) in [6, 6.07) is 8.64. The molecule has 29 heavy (non-hydrogen) atoms. The number of carbonyl (C=O) groups excluding carboxylic acids is 1. The van der Waals surface area contributed by atoms with Gasteiger partial charge < -0.3 is 9.64 Å². The molecule has 0 saturated carbocycles. The van der Waals surface area contributed by atoms with E-state index >= 15 is 0 Å². The van der Waals surface area contributed by atoms with Gasteiger partial charge in [-0.15, -0.1) is 0 Å². The molecule has 6 nitrogen and oxygen atoms in total. The zero-order valence-electron chi connectivity index (χ0n) is 17.3. The van der Waals surface area contributed by atoms with Crippen LogP contribution in [0.1, 0.15) is 47.2 Å². The van der Waals surface area contributed by atoms with Crippen molar-refractivity contribution >= 4 is 5.91 Å². The van der Waals surface area contributed by atoms with Crippen LogP contribution in [-0.4, -0.2) is 64.8 Å². The minimum absolute atomic E-state index is 0.0663. The first kappa shape index (κ1) is 20.1. The molecule has 156 valence electrons. The summed E-state index contributed by atoms with van der Waals surface area (Å²) >= 11 is 0. The number of amides is 1. The van der Waals surface area contributed by atoms with Crippen LogP contribution >= 0.6 is 0 Å². The van der Waals surface area contributed by atoms with Gasteiger partial charge >= 0.3 is 0 Å². The molecule has 0 bridgehead atoms. The number of likely N-dealkylation sites (tertiary alicyclic amines) is 1. The Morgan fingerprint density at radius 3 is 2.76 bits per heavy atom. The van der Waals surface area contributed by atoms with Crippen molar-refractivity contribution in [2.45, 2.75) is 45.3 Å². The third-order valence-corrected chi connectivity index (χ3v) is 6.32. The summed E-state index contributed by atoms with van der Waals surface area (Å²) in [7, 11) is 0. The highest BCUT2D eigenvalue weighted by atomic mass is 16.5. The summed E-state index contributed by atoms with van der Waals surface area (Å²) < 4.78 is 5.81. The molecule has 6 heteroatoms. The van der Waals surface area contributed by atoms with E-state index in [0.717, 1.165) is 58.5 Å². The van der Waals surface area contributed by atoms with E-state index in [1.54, 1.807) is 12.4 Å². The van der Waals surface area contributed by atoms with E-state index < -0.39 is 0 Å². The number of nitrogens with one attached hydrogen (secondary N) is 1. The molecule has 3 heterocycles. The summed E-state index contributed by atoms with van der Waals surface area (Å²) in [6.45, 7) is 7.70. The van der Waals surface area contributed by atoms with Gasteiger partial charge in [-0.25, -0.2) is 0 Å². The summed E-state index contributed by atoms with van der Waals surface area (Å²) in [5.41, 5.74) is 3.42. The second-order valence-electron chi connectivity index (χ2n) is 8.48. The molecule has 2 aliphatic heterocycles. The molecular weight excluding hydrogens is 364 g/mol. The fourth-order valence-electron chi connectivity index (χ4n) is 4.49. The molecule has 1 aromatic carbocycles. The first-order chi connectivity index (χ1) is 14.2. The third kappa shape index (κ3) is 5.25. The highest BCUT2D eigenvalue weighted by molar-refractivity contribution is 5.93.